The molecule has 0 bridgehead atoms. The summed E-state index contributed by atoms with van der Waals surface area (Å²) in [5, 5.41) is 7.41. The van der Waals surface area contributed by atoms with Crippen molar-refractivity contribution in [1.82, 2.24) is 10.6 Å². The lowest BCUT2D eigenvalue weighted by Gasteiger charge is -2.07. The summed E-state index contributed by atoms with van der Waals surface area (Å²) in [6, 6.07) is 6.73. The topological polar surface area (TPSA) is 96.5 Å². The molecule has 1 rings (SSSR count). The second kappa shape index (κ2) is 9.35. The summed E-state index contributed by atoms with van der Waals surface area (Å²) in [5.74, 6) is -0.750. The van der Waals surface area contributed by atoms with Crippen LogP contribution in [0.2, 0.25) is 0 Å². The van der Waals surface area contributed by atoms with Crippen molar-refractivity contribution in [3.8, 4) is 5.75 Å². The first-order valence-electron chi connectivity index (χ1n) is 6.66. The predicted molar refractivity (Wildman–Crippen MR) is 77.9 cm³/mol. The molecule has 0 aliphatic heterocycles. The summed E-state index contributed by atoms with van der Waals surface area (Å²) >= 11 is 0. The maximum atomic E-state index is 11.6. The highest BCUT2D eigenvalue weighted by Crippen LogP contribution is 2.15. The fourth-order valence-electron chi connectivity index (χ4n) is 1.52. The molecule has 0 heterocycles. The molecule has 0 aliphatic carbocycles. The Morgan fingerprint density at radius 2 is 1.86 bits per heavy atom. The average molecular weight is 293 g/mol. The fraction of sp³-hybridized carbons (Fsp3) is 0.357. The molecule has 3 N–H and O–H groups in total. The number of amides is 3. The molecule has 0 radical (unpaired) electrons. The Balaban J connectivity index is 2.34. The van der Waals surface area contributed by atoms with E-state index in [-0.39, 0.29) is 0 Å². The lowest BCUT2D eigenvalue weighted by Crippen LogP contribution is -2.36. The van der Waals surface area contributed by atoms with E-state index in [9.17, 15) is 14.4 Å². The van der Waals surface area contributed by atoms with Crippen LogP contribution in [0.1, 0.15) is 13.3 Å². The summed E-state index contributed by atoms with van der Waals surface area (Å²) in [6.45, 7) is 3.21. The zero-order valence-corrected chi connectivity index (χ0v) is 11.8. The number of rotatable bonds is 8. The SMILES string of the molecule is CCOc1ccc(NC(=O)C(=O)NCCCNC=O)cc1. The van der Waals surface area contributed by atoms with Gasteiger partial charge in [0.15, 0.2) is 0 Å². The van der Waals surface area contributed by atoms with E-state index >= 15 is 0 Å². The normalized spacial score (nSPS) is 9.57. The van der Waals surface area contributed by atoms with Crippen molar-refractivity contribution in [1.29, 1.82) is 0 Å². The molecule has 0 spiro atoms. The van der Waals surface area contributed by atoms with E-state index in [4.69, 9.17) is 4.74 Å². The van der Waals surface area contributed by atoms with Crippen LogP contribution in [0.3, 0.4) is 0 Å². The van der Waals surface area contributed by atoms with E-state index in [0.717, 1.165) is 0 Å². The van der Waals surface area contributed by atoms with E-state index in [0.29, 0.717) is 44.0 Å². The summed E-state index contributed by atoms with van der Waals surface area (Å²) < 4.78 is 5.28. The molecule has 0 fully saturated rings. The molecule has 7 nitrogen and oxygen atoms in total. The first kappa shape index (κ1) is 16.5. The van der Waals surface area contributed by atoms with Gasteiger partial charge in [0.2, 0.25) is 6.41 Å². The molecule has 21 heavy (non-hydrogen) atoms. The van der Waals surface area contributed by atoms with Crippen molar-refractivity contribution < 1.29 is 19.1 Å². The molecule has 114 valence electrons. The molecule has 0 saturated carbocycles. The molecular formula is C14H19N3O4. The second-order valence-corrected chi connectivity index (χ2v) is 4.09. The number of nitrogens with one attached hydrogen (secondary N) is 3. The predicted octanol–water partition coefficient (Wildman–Crippen LogP) is 0.276. The maximum Gasteiger partial charge on any atom is 0.313 e. The molecule has 0 atom stereocenters. The minimum Gasteiger partial charge on any atom is -0.494 e. The Bertz CT molecular complexity index is 474. The monoisotopic (exact) mass is 293 g/mol. The summed E-state index contributed by atoms with van der Waals surface area (Å²) in [5.41, 5.74) is 0.515. The van der Waals surface area contributed by atoms with Crippen LogP contribution in [0.15, 0.2) is 24.3 Å². The molecular weight excluding hydrogens is 274 g/mol. The van der Waals surface area contributed by atoms with Crippen LogP contribution in [0, 0.1) is 0 Å². The van der Waals surface area contributed by atoms with Crippen molar-refractivity contribution in [2.24, 2.45) is 0 Å². The first-order chi connectivity index (χ1) is 10.2. The van der Waals surface area contributed by atoms with Gasteiger partial charge in [-0.05, 0) is 37.6 Å². The molecule has 1 aromatic rings. The third-order valence-corrected chi connectivity index (χ3v) is 2.50. The van der Waals surface area contributed by atoms with Gasteiger partial charge >= 0.3 is 11.8 Å². The van der Waals surface area contributed by atoms with Crippen LogP contribution >= 0.6 is 0 Å². The van der Waals surface area contributed by atoms with Crippen LogP contribution in [0.4, 0.5) is 5.69 Å². The zero-order chi connectivity index (χ0) is 15.5. The maximum absolute atomic E-state index is 11.6. The zero-order valence-electron chi connectivity index (χ0n) is 11.8. The third-order valence-electron chi connectivity index (χ3n) is 2.50. The standard InChI is InChI=1S/C14H19N3O4/c1-2-21-12-6-4-11(5-7-12)17-14(20)13(19)16-9-3-8-15-10-18/h4-7,10H,2-3,8-9H2,1H3,(H,15,18)(H,16,19)(H,17,20). The van der Waals surface area contributed by atoms with E-state index < -0.39 is 11.8 Å². The van der Waals surface area contributed by atoms with Crippen LogP contribution in [-0.4, -0.2) is 37.9 Å². The Hall–Kier alpha value is -2.57. The average Bonchev–Trinajstić information content (AvgIpc) is 2.49. The minimum atomic E-state index is -0.734. The minimum absolute atomic E-state index is 0.316. The van der Waals surface area contributed by atoms with Crippen LogP contribution in [0.25, 0.3) is 0 Å². The summed E-state index contributed by atoms with van der Waals surface area (Å²) in [6.07, 6.45) is 1.14. The lowest BCUT2D eigenvalue weighted by molar-refractivity contribution is -0.136. The molecule has 0 aromatic heterocycles. The van der Waals surface area contributed by atoms with Gasteiger partial charge in [-0.1, -0.05) is 0 Å². The molecule has 0 saturated heterocycles. The van der Waals surface area contributed by atoms with Crippen molar-refractivity contribution in [3.63, 3.8) is 0 Å². The van der Waals surface area contributed by atoms with Gasteiger partial charge in [-0.3, -0.25) is 14.4 Å². The molecule has 1 aromatic carbocycles. The molecule has 3 amide bonds. The van der Waals surface area contributed by atoms with E-state index in [1.807, 2.05) is 6.92 Å². The first-order valence-corrected chi connectivity index (χ1v) is 6.66. The lowest BCUT2D eigenvalue weighted by atomic mass is 10.3. The number of benzene rings is 1. The highest BCUT2D eigenvalue weighted by molar-refractivity contribution is 6.39. The Labute approximate surface area is 123 Å². The van der Waals surface area contributed by atoms with Gasteiger partial charge in [0, 0.05) is 18.8 Å². The molecule has 0 aliphatic rings. The number of hydrogen-bond acceptors (Lipinski definition) is 4. The van der Waals surface area contributed by atoms with Crippen LogP contribution in [-0.2, 0) is 14.4 Å². The van der Waals surface area contributed by atoms with Gasteiger partial charge < -0.3 is 20.7 Å². The summed E-state index contributed by atoms with van der Waals surface area (Å²) in [4.78, 5) is 33.1. The smallest absolute Gasteiger partial charge is 0.313 e. The van der Waals surface area contributed by atoms with Crippen LogP contribution < -0.4 is 20.7 Å². The van der Waals surface area contributed by atoms with Gasteiger partial charge in [-0.2, -0.15) is 0 Å². The largest absolute Gasteiger partial charge is 0.494 e. The Morgan fingerprint density at radius 1 is 1.14 bits per heavy atom. The quantitative estimate of drug-likeness (QED) is 0.364. The second-order valence-electron chi connectivity index (χ2n) is 4.09. The highest BCUT2D eigenvalue weighted by atomic mass is 16.5. The number of hydrogen-bond donors (Lipinski definition) is 3. The van der Waals surface area contributed by atoms with Gasteiger partial charge in [0.05, 0.1) is 6.61 Å². The third kappa shape index (κ3) is 6.42. The van der Waals surface area contributed by atoms with Crippen molar-refractivity contribution in [2.75, 3.05) is 25.0 Å². The number of carbonyl (C=O) groups is 3. The van der Waals surface area contributed by atoms with Gasteiger partial charge in [0.25, 0.3) is 0 Å². The molecule has 7 heteroatoms. The van der Waals surface area contributed by atoms with Crippen molar-refractivity contribution in [3.05, 3.63) is 24.3 Å². The van der Waals surface area contributed by atoms with Crippen molar-refractivity contribution >= 4 is 23.9 Å². The van der Waals surface area contributed by atoms with E-state index in [1.54, 1.807) is 24.3 Å². The highest BCUT2D eigenvalue weighted by Gasteiger charge is 2.12. The van der Waals surface area contributed by atoms with Gasteiger partial charge in [-0.25, -0.2) is 0 Å². The Morgan fingerprint density at radius 3 is 2.48 bits per heavy atom. The van der Waals surface area contributed by atoms with Crippen LogP contribution in [0.5, 0.6) is 5.75 Å². The number of carbonyl (C=O) groups excluding carboxylic acids is 3. The van der Waals surface area contributed by atoms with Crippen molar-refractivity contribution in [2.45, 2.75) is 13.3 Å². The van der Waals surface area contributed by atoms with Gasteiger partial charge in [0.1, 0.15) is 5.75 Å². The van der Waals surface area contributed by atoms with E-state index in [1.165, 1.54) is 0 Å². The van der Waals surface area contributed by atoms with E-state index in [2.05, 4.69) is 16.0 Å². The Kier molecular flexibility index (Phi) is 7.34. The summed E-state index contributed by atoms with van der Waals surface area (Å²) in [7, 11) is 0. The number of ether oxygens (including phenoxy) is 1. The van der Waals surface area contributed by atoms with Gasteiger partial charge in [-0.15, -0.1) is 0 Å². The fourth-order valence-corrected chi connectivity index (χ4v) is 1.52. The number of anilines is 1. The molecule has 0 unspecified atom stereocenters.